The van der Waals surface area contributed by atoms with Crippen molar-refractivity contribution in [3.8, 4) is 0 Å². The predicted molar refractivity (Wildman–Crippen MR) is 121 cm³/mol. The first kappa shape index (κ1) is 13.0. The van der Waals surface area contributed by atoms with Crippen LogP contribution in [0.4, 0.5) is 11.5 Å². The largest absolute Gasteiger partial charge is 0.354 e. The summed E-state index contributed by atoms with van der Waals surface area (Å²) >= 11 is 7.29. The maximum absolute atomic E-state index is 12.8. The lowest BCUT2D eigenvalue weighted by molar-refractivity contribution is 0.103. The number of amides is 1. The van der Waals surface area contributed by atoms with Crippen molar-refractivity contribution in [2.75, 3.05) is 36.2 Å². The summed E-state index contributed by atoms with van der Waals surface area (Å²) in [7, 11) is 0. The molecule has 1 aliphatic rings. The van der Waals surface area contributed by atoms with Crippen LogP contribution in [0.2, 0.25) is 5.02 Å². The van der Waals surface area contributed by atoms with Crippen molar-refractivity contribution in [1.82, 2.24) is 20.3 Å². The first-order valence-corrected chi connectivity index (χ1v) is 10.1. The number of carbonyl (C=O) groups excluding carboxylic acids is 1. The molecule has 0 unspecified atom stereocenters. The Morgan fingerprint density at radius 2 is 2.13 bits per heavy atom. The Balaban J connectivity index is 1.63. The fourth-order valence-corrected chi connectivity index (χ4v) is 3.87. The molecule has 4 rings (SSSR count). The number of benzene rings is 1. The van der Waals surface area contributed by atoms with Crippen LogP contribution in [0.3, 0.4) is 0 Å². The van der Waals surface area contributed by atoms with Gasteiger partial charge in [-0.1, -0.05) is 23.7 Å². The maximum Gasteiger partial charge on any atom is 0.267 e. The van der Waals surface area contributed by atoms with Crippen molar-refractivity contribution in [2.24, 2.45) is 0 Å². The van der Waals surface area contributed by atoms with Crippen LogP contribution < -0.4 is 15.5 Å². The third-order valence-electron chi connectivity index (χ3n) is 4.14. The molecule has 0 atom stereocenters. The number of hydrogen-bond acceptors (Lipinski definition) is 7. The van der Waals surface area contributed by atoms with E-state index in [1.165, 1.54) is 19.2 Å². The number of hydrogen-bond donors (Lipinski definition) is 2. The van der Waals surface area contributed by atoms with Crippen molar-refractivity contribution >= 4 is 40.4 Å². The molecule has 1 aliphatic heterocycles. The lowest BCUT2D eigenvalue weighted by Crippen LogP contribution is -2.44. The summed E-state index contributed by atoms with van der Waals surface area (Å²) in [4.78, 5) is 26.1. The third kappa shape index (κ3) is 4.77. The lowest BCUT2D eigenvalue weighted by atomic mass is 10.2. The van der Waals surface area contributed by atoms with Gasteiger partial charge in [-0.05, 0) is 25.5 Å². The number of nitrogens with zero attached hydrogens (tertiary/aromatic N) is 4. The van der Waals surface area contributed by atoms with E-state index in [4.69, 9.17) is 22.6 Å². The van der Waals surface area contributed by atoms with Gasteiger partial charge in [-0.3, -0.25) is 4.79 Å². The van der Waals surface area contributed by atoms with Crippen LogP contribution in [-0.4, -0.2) is 46.8 Å². The van der Waals surface area contributed by atoms with Crippen molar-refractivity contribution < 1.29 is 15.8 Å². The molecular formula is C21H23ClN6OS. The quantitative estimate of drug-likeness (QED) is 0.619. The van der Waals surface area contributed by atoms with Gasteiger partial charge in [0.2, 0.25) is 0 Å². The molecule has 30 heavy (non-hydrogen) atoms. The maximum atomic E-state index is 12.8. The molecule has 9 heteroatoms. The highest BCUT2D eigenvalue weighted by atomic mass is 35.5. The van der Waals surface area contributed by atoms with E-state index in [2.05, 4.69) is 20.3 Å². The molecule has 7 nitrogen and oxygen atoms in total. The molecule has 1 aromatic carbocycles. The second-order valence-electron chi connectivity index (χ2n) is 6.38. The van der Waals surface area contributed by atoms with Gasteiger partial charge in [0.25, 0.3) is 5.91 Å². The van der Waals surface area contributed by atoms with Crippen molar-refractivity contribution in [1.29, 1.82) is 0 Å². The number of thiazole rings is 1. The Kier molecular flexibility index (Phi) is 3.93. The van der Waals surface area contributed by atoms with Crippen LogP contribution in [0.15, 0.2) is 30.5 Å². The van der Waals surface area contributed by atoms with Crippen LogP contribution in [0.5, 0.6) is 0 Å². The van der Waals surface area contributed by atoms with Gasteiger partial charge in [0, 0.05) is 44.0 Å². The van der Waals surface area contributed by atoms with E-state index in [9.17, 15) is 4.79 Å². The number of nitrogens with one attached hydrogen (secondary N) is 2. The molecule has 2 aromatic heterocycles. The molecule has 3 heterocycles. The Morgan fingerprint density at radius 1 is 1.33 bits per heavy atom. The molecular weight excluding hydrogens is 420 g/mol. The number of halogens is 1. The molecule has 2 N–H and O–H groups in total. The smallest absolute Gasteiger partial charge is 0.267 e. The van der Waals surface area contributed by atoms with Gasteiger partial charge >= 0.3 is 0 Å². The van der Waals surface area contributed by atoms with E-state index in [1.54, 1.807) is 17.4 Å². The molecule has 0 spiro atoms. The van der Waals surface area contributed by atoms with E-state index in [0.29, 0.717) is 31.2 Å². The van der Waals surface area contributed by atoms with Crippen LogP contribution in [-0.2, 0) is 6.42 Å². The number of aryl methyl sites for hydroxylation is 2. The van der Waals surface area contributed by atoms with Gasteiger partial charge in [-0.15, -0.1) is 11.3 Å². The highest BCUT2D eigenvalue weighted by Crippen LogP contribution is 2.27. The average molecular weight is 451 g/mol. The number of para-hydroxylation sites is 1. The van der Waals surface area contributed by atoms with Crippen LogP contribution in [0, 0.1) is 13.8 Å². The molecule has 3 aromatic rings. The van der Waals surface area contributed by atoms with E-state index < -0.39 is 31.9 Å². The van der Waals surface area contributed by atoms with Crippen molar-refractivity contribution in [3.63, 3.8) is 0 Å². The van der Waals surface area contributed by atoms with E-state index in [0.717, 1.165) is 16.9 Å². The molecule has 0 radical (unpaired) electrons. The second kappa shape index (κ2) is 9.07. The summed E-state index contributed by atoms with van der Waals surface area (Å²) in [5.74, 6) is -0.607. The van der Waals surface area contributed by atoms with Gasteiger partial charge in [-0.2, -0.15) is 0 Å². The first-order chi connectivity index (χ1) is 17.5. The monoisotopic (exact) mass is 450 g/mol. The Morgan fingerprint density at radius 3 is 2.90 bits per heavy atom. The number of aromatic nitrogens is 3. The fourth-order valence-electron chi connectivity index (χ4n) is 2.78. The molecule has 156 valence electrons. The number of carbonyl (C=O) groups is 1. The topological polar surface area (TPSA) is 83.0 Å². The predicted octanol–water partition coefficient (Wildman–Crippen LogP) is 3.46. The average Bonchev–Trinajstić information content (AvgIpc) is 3.22. The van der Waals surface area contributed by atoms with Gasteiger partial charge in [0.1, 0.15) is 16.5 Å². The van der Waals surface area contributed by atoms with Gasteiger partial charge in [0.05, 0.1) is 33.1 Å². The molecule has 1 amide bonds. The van der Waals surface area contributed by atoms with Gasteiger partial charge in [-0.25, -0.2) is 15.0 Å². The Labute approximate surface area is 195 Å². The van der Waals surface area contributed by atoms with Crippen LogP contribution in [0.1, 0.15) is 42.7 Å². The number of anilines is 2. The third-order valence-corrected chi connectivity index (χ3v) is 5.45. The molecule has 0 saturated carbocycles. The highest BCUT2D eigenvalue weighted by molar-refractivity contribution is 7.13. The summed E-state index contributed by atoms with van der Waals surface area (Å²) in [6, 6.07) is 6.51. The summed E-state index contributed by atoms with van der Waals surface area (Å²) in [6.45, 7) is -8.66. The zero-order valence-electron chi connectivity index (χ0n) is 24.1. The first-order valence-electron chi connectivity index (χ1n) is 12.9. The minimum absolute atomic E-state index is 0.0807. The zero-order valence-corrected chi connectivity index (χ0v) is 17.6. The Hall–Kier alpha value is -2.55. The molecule has 0 bridgehead atoms. The summed E-state index contributed by atoms with van der Waals surface area (Å²) < 4.78 is 65.3. The van der Waals surface area contributed by atoms with Crippen LogP contribution >= 0.6 is 22.9 Å². The molecule has 1 saturated heterocycles. The van der Waals surface area contributed by atoms with E-state index >= 15 is 0 Å². The second-order valence-corrected chi connectivity index (χ2v) is 7.90. The number of piperazine rings is 1. The Bertz CT molecular complexity index is 1360. The van der Waals surface area contributed by atoms with Gasteiger partial charge in [0.15, 0.2) is 0 Å². The summed E-state index contributed by atoms with van der Waals surface area (Å²) in [5.41, 5.74) is 1.58. The zero-order chi connectivity index (χ0) is 28.3. The standard InChI is InChI=1S/C21H23ClN6OS/c1-13-4-3-5-16(22)20(13)27-21(29)17-12-24-19(30-17)11-15-10-18(26-14(2)25-15)28-8-6-23-7-9-28/h3-5,10,12,23H,6-9,11H2,1-2H3,(H,27,29)/i6D2,7D2,8D2,9D2. The van der Waals surface area contributed by atoms with Crippen molar-refractivity contribution in [3.05, 3.63) is 62.5 Å². The van der Waals surface area contributed by atoms with E-state index in [1.807, 2.05) is 13.0 Å². The number of rotatable bonds is 5. The van der Waals surface area contributed by atoms with E-state index in [-0.39, 0.29) is 18.1 Å². The van der Waals surface area contributed by atoms with Crippen molar-refractivity contribution in [2.45, 2.75) is 20.3 Å². The molecule has 0 aliphatic carbocycles. The SMILES string of the molecule is [2H]C1([2H])NC([2H])([2H])C([2H])([2H])N(c2cc(Cc3ncc(C(=O)Nc4c(C)cccc4Cl)s3)nc(C)n2)C1([2H])[2H]. The minimum Gasteiger partial charge on any atom is -0.354 e. The minimum atomic E-state index is -3.02. The summed E-state index contributed by atoms with van der Waals surface area (Å²) in [5, 5.41) is 5.44. The van der Waals surface area contributed by atoms with Crippen LogP contribution in [0.25, 0.3) is 0 Å². The molecule has 1 fully saturated rings. The normalized spacial score (nSPS) is 24.7. The fraction of sp³-hybridized carbons (Fsp3) is 0.333. The summed E-state index contributed by atoms with van der Waals surface area (Å²) in [6.07, 6.45) is 1.48. The highest BCUT2D eigenvalue weighted by Gasteiger charge is 2.16. The van der Waals surface area contributed by atoms with Gasteiger partial charge < -0.3 is 15.5 Å². The lowest BCUT2D eigenvalue weighted by Gasteiger charge is -2.28.